The van der Waals surface area contributed by atoms with Gasteiger partial charge in [-0.1, -0.05) is 93.5 Å². The molecule has 12 heteroatoms. The number of carbonyl (C=O) groups is 2. The van der Waals surface area contributed by atoms with Gasteiger partial charge in [0.25, 0.3) is 0 Å². The van der Waals surface area contributed by atoms with Crippen molar-refractivity contribution in [1.29, 1.82) is 0 Å². The van der Waals surface area contributed by atoms with Crippen molar-refractivity contribution in [3.63, 3.8) is 0 Å². The monoisotopic (exact) mass is 776 g/mol. The van der Waals surface area contributed by atoms with Crippen molar-refractivity contribution in [3.05, 3.63) is 57.6 Å². The Balaban J connectivity index is 0.000000288. The maximum Gasteiger partial charge on any atom is 0.303 e. The van der Waals surface area contributed by atoms with Gasteiger partial charge in [0.15, 0.2) is 12.6 Å². The average Bonchev–Trinajstić information content (AvgIpc) is 3.09. The molecule has 2 aliphatic heterocycles. The highest BCUT2D eigenvalue weighted by atomic mass is 16.7. The number of aromatic hydroxyl groups is 2. The van der Waals surface area contributed by atoms with E-state index in [1.54, 1.807) is 0 Å². The standard InChI is InChI=1S/C15H28O6.2C14H20O3/c1-13(2,5-16)11-18-7-15(8-19-11)9-20-12(21-10-15)14(3,4)6-17;2*1-9-7-10(5-6-12(15)16)8-11(13(9)17)14(2,3)4/h11-12,16-17H,5-10H2,1-4H3;2*7-8,17H,5-6H2,1-4H3,(H,15,16). The minimum Gasteiger partial charge on any atom is -0.507 e. The number of hydrogen-bond acceptors (Lipinski definition) is 10. The highest BCUT2D eigenvalue weighted by Gasteiger charge is 2.47. The van der Waals surface area contributed by atoms with Crippen LogP contribution in [0.1, 0.15) is 115 Å². The van der Waals surface area contributed by atoms with E-state index in [4.69, 9.17) is 29.2 Å². The van der Waals surface area contributed by atoms with Gasteiger partial charge in [-0.25, -0.2) is 0 Å². The zero-order chi connectivity index (χ0) is 42.2. The molecule has 12 nitrogen and oxygen atoms in total. The number of hydrogen-bond donors (Lipinski definition) is 6. The number of aliphatic hydroxyl groups excluding tert-OH is 2. The summed E-state index contributed by atoms with van der Waals surface area (Å²) < 4.78 is 23.1. The van der Waals surface area contributed by atoms with E-state index in [1.807, 2.05) is 107 Å². The number of aryl methyl sites for hydroxylation is 4. The van der Waals surface area contributed by atoms with Crippen LogP contribution in [0.3, 0.4) is 0 Å². The molecule has 0 saturated carbocycles. The zero-order valence-electron chi connectivity index (χ0n) is 35.2. The van der Waals surface area contributed by atoms with Crippen LogP contribution in [0.15, 0.2) is 24.3 Å². The van der Waals surface area contributed by atoms with Gasteiger partial charge in [0.05, 0.1) is 45.1 Å². The molecule has 2 aromatic rings. The molecule has 0 bridgehead atoms. The summed E-state index contributed by atoms with van der Waals surface area (Å²) in [6.07, 6.45) is 0.403. The quantitative estimate of drug-likeness (QED) is 0.148. The summed E-state index contributed by atoms with van der Waals surface area (Å²) in [5.41, 5.74) is 3.83. The summed E-state index contributed by atoms with van der Waals surface area (Å²) in [7, 11) is 0. The second kappa shape index (κ2) is 19.3. The smallest absolute Gasteiger partial charge is 0.303 e. The molecule has 2 aliphatic rings. The van der Waals surface area contributed by atoms with Crippen LogP contribution in [0.25, 0.3) is 0 Å². The second-order valence-electron chi connectivity index (χ2n) is 18.6. The Hall–Kier alpha value is -3.26. The molecule has 0 aliphatic carbocycles. The van der Waals surface area contributed by atoms with Gasteiger partial charge in [-0.2, -0.15) is 0 Å². The molecule has 2 aromatic carbocycles. The molecule has 0 radical (unpaired) electrons. The summed E-state index contributed by atoms with van der Waals surface area (Å²) in [5.74, 6) is -0.964. The number of ether oxygens (including phenoxy) is 4. The van der Waals surface area contributed by atoms with Gasteiger partial charge >= 0.3 is 11.9 Å². The fourth-order valence-corrected chi connectivity index (χ4v) is 6.05. The Morgan fingerprint density at radius 1 is 0.600 bits per heavy atom. The number of carboxylic acid groups (broad SMARTS) is 2. The molecule has 2 heterocycles. The van der Waals surface area contributed by atoms with Gasteiger partial charge in [0.2, 0.25) is 0 Å². The lowest BCUT2D eigenvalue weighted by Gasteiger charge is -2.48. The Bertz CT molecular complexity index is 1440. The van der Waals surface area contributed by atoms with Gasteiger partial charge in [0, 0.05) is 23.7 Å². The van der Waals surface area contributed by atoms with Crippen LogP contribution >= 0.6 is 0 Å². The van der Waals surface area contributed by atoms with Crippen LogP contribution < -0.4 is 0 Å². The van der Waals surface area contributed by atoms with E-state index < -0.39 is 35.3 Å². The molecule has 0 unspecified atom stereocenters. The van der Waals surface area contributed by atoms with Crippen molar-refractivity contribution in [3.8, 4) is 11.5 Å². The Morgan fingerprint density at radius 3 is 1.13 bits per heavy atom. The fourth-order valence-electron chi connectivity index (χ4n) is 6.05. The minimum atomic E-state index is -0.798. The largest absolute Gasteiger partial charge is 0.507 e. The lowest BCUT2D eigenvalue weighted by Crippen LogP contribution is -2.56. The molecular weight excluding hydrogens is 708 g/mol. The van der Waals surface area contributed by atoms with E-state index in [1.165, 1.54) is 0 Å². The van der Waals surface area contributed by atoms with Crippen molar-refractivity contribution < 1.29 is 59.2 Å². The van der Waals surface area contributed by atoms with Crippen LogP contribution in [0.4, 0.5) is 0 Å². The molecule has 0 aromatic heterocycles. The number of phenols is 2. The number of carboxylic acids is 2. The highest BCUT2D eigenvalue weighted by molar-refractivity contribution is 5.67. The second-order valence-corrected chi connectivity index (χ2v) is 18.6. The average molecular weight is 777 g/mol. The molecule has 312 valence electrons. The molecule has 55 heavy (non-hydrogen) atoms. The lowest BCUT2D eigenvalue weighted by atomic mass is 9.83. The Morgan fingerprint density at radius 2 is 0.891 bits per heavy atom. The molecule has 0 amide bonds. The first kappa shape index (κ1) is 47.9. The first-order valence-electron chi connectivity index (χ1n) is 19.0. The van der Waals surface area contributed by atoms with Gasteiger partial charge in [0.1, 0.15) is 11.5 Å². The summed E-state index contributed by atoms with van der Waals surface area (Å²) in [6.45, 7) is 25.4. The zero-order valence-corrected chi connectivity index (χ0v) is 35.2. The van der Waals surface area contributed by atoms with Gasteiger partial charge < -0.3 is 49.6 Å². The topological polar surface area (TPSA) is 192 Å². The van der Waals surface area contributed by atoms with E-state index in [0.29, 0.717) is 50.8 Å². The van der Waals surface area contributed by atoms with E-state index in [0.717, 1.165) is 33.4 Å². The van der Waals surface area contributed by atoms with Crippen molar-refractivity contribution in [1.82, 2.24) is 0 Å². The molecule has 4 rings (SSSR count). The SMILES string of the molecule is CC(C)(CO)C1OCC2(CO1)COC(C(C)(C)CO)OC2.Cc1cc(CCC(=O)O)cc(C(C)(C)C)c1O.Cc1cc(CCC(=O)O)cc(C(C)(C)C)c1O. The third-order valence-electron chi connectivity index (χ3n) is 9.85. The molecular formula is C43H68O12. The Labute approximate surface area is 327 Å². The summed E-state index contributed by atoms with van der Waals surface area (Å²) in [4.78, 5) is 21.1. The van der Waals surface area contributed by atoms with Crippen molar-refractivity contribution in [2.24, 2.45) is 16.2 Å². The molecule has 2 saturated heterocycles. The van der Waals surface area contributed by atoms with Crippen LogP contribution in [0.5, 0.6) is 11.5 Å². The van der Waals surface area contributed by atoms with Gasteiger partial charge in [-0.15, -0.1) is 0 Å². The predicted octanol–water partition coefficient (Wildman–Crippen LogP) is 6.79. The van der Waals surface area contributed by atoms with Crippen molar-refractivity contribution in [2.45, 2.75) is 132 Å². The van der Waals surface area contributed by atoms with Crippen LogP contribution in [0.2, 0.25) is 0 Å². The van der Waals surface area contributed by atoms with Crippen molar-refractivity contribution in [2.75, 3.05) is 39.6 Å². The molecule has 1 spiro atoms. The summed E-state index contributed by atoms with van der Waals surface area (Å²) >= 11 is 0. The third kappa shape index (κ3) is 14.0. The molecule has 0 atom stereocenters. The number of aliphatic carboxylic acids is 2. The lowest BCUT2D eigenvalue weighted by molar-refractivity contribution is -0.337. The third-order valence-corrected chi connectivity index (χ3v) is 9.85. The maximum atomic E-state index is 10.6. The minimum absolute atomic E-state index is 0.00440. The molecule has 6 N–H and O–H groups in total. The predicted molar refractivity (Wildman–Crippen MR) is 211 cm³/mol. The first-order chi connectivity index (χ1) is 25.2. The first-order valence-corrected chi connectivity index (χ1v) is 19.0. The van der Waals surface area contributed by atoms with Crippen molar-refractivity contribution >= 4 is 11.9 Å². The number of rotatable bonds is 10. The normalized spacial score (nSPS) is 20.5. The van der Waals surface area contributed by atoms with Crippen LogP contribution in [-0.2, 0) is 52.2 Å². The van der Waals surface area contributed by atoms with Crippen LogP contribution in [-0.4, -0.2) is 94.8 Å². The number of benzene rings is 2. The van der Waals surface area contributed by atoms with Crippen LogP contribution in [0, 0.1) is 30.1 Å². The van der Waals surface area contributed by atoms with Gasteiger partial charge in [-0.3, -0.25) is 9.59 Å². The fraction of sp³-hybridized carbons (Fsp3) is 0.674. The maximum absolute atomic E-state index is 10.6. The number of phenolic OH excluding ortho intramolecular Hbond substituents is 2. The molecule has 2 fully saturated rings. The Kier molecular flexibility index (Phi) is 16.8. The van der Waals surface area contributed by atoms with E-state index in [2.05, 4.69) is 0 Å². The summed E-state index contributed by atoms with van der Waals surface area (Å²) in [5, 5.41) is 56.1. The summed E-state index contributed by atoms with van der Waals surface area (Å²) in [6, 6.07) is 7.53. The highest BCUT2D eigenvalue weighted by Crippen LogP contribution is 2.39. The van der Waals surface area contributed by atoms with Gasteiger partial charge in [-0.05, 0) is 70.9 Å². The number of aliphatic hydroxyl groups is 2. The van der Waals surface area contributed by atoms with E-state index in [-0.39, 0.29) is 42.3 Å². The van der Waals surface area contributed by atoms with E-state index >= 15 is 0 Å². The van der Waals surface area contributed by atoms with E-state index in [9.17, 15) is 30.0 Å².